The summed E-state index contributed by atoms with van der Waals surface area (Å²) in [6.45, 7) is 0. The molecule has 0 bridgehead atoms. The fourth-order valence-electron chi connectivity index (χ4n) is 4.18. The molecular weight excluding hydrogens is 413 g/mol. The van der Waals surface area contributed by atoms with Gasteiger partial charge < -0.3 is 23.8 Å². The molecule has 0 spiro atoms. The quantitative estimate of drug-likeness (QED) is 0.500. The molecule has 3 aromatic carbocycles. The summed E-state index contributed by atoms with van der Waals surface area (Å²) in [6, 6.07) is 17.2. The topological polar surface area (TPSA) is 57.2 Å². The van der Waals surface area contributed by atoms with E-state index in [1.807, 2.05) is 30.3 Å². The van der Waals surface area contributed by atoms with Crippen LogP contribution in [0.1, 0.15) is 23.1 Å². The molecule has 32 heavy (non-hydrogen) atoms. The lowest BCUT2D eigenvalue weighted by Gasteiger charge is -2.48. The molecule has 1 saturated heterocycles. The molecule has 7 heteroatoms. The number of hydrogen-bond acceptors (Lipinski definition) is 5. The smallest absolute Gasteiger partial charge is 0.237 e. The van der Waals surface area contributed by atoms with Gasteiger partial charge in [0.25, 0.3) is 0 Å². The predicted octanol–water partition coefficient (Wildman–Crippen LogP) is 4.73. The lowest BCUT2D eigenvalue weighted by Crippen LogP contribution is -2.53. The zero-order valence-electron chi connectivity index (χ0n) is 18.3. The van der Waals surface area contributed by atoms with E-state index in [4.69, 9.17) is 18.9 Å². The van der Waals surface area contributed by atoms with Crippen LogP contribution in [0.5, 0.6) is 23.0 Å². The average Bonchev–Trinajstić information content (AvgIpc) is 2.82. The molecule has 1 aliphatic heterocycles. The summed E-state index contributed by atoms with van der Waals surface area (Å²) < 4.78 is 35.9. The molecule has 1 unspecified atom stereocenters. The number of carbonyl (C=O) groups excluding carboxylic acids is 1. The van der Waals surface area contributed by atoms with Crippen LogP contribution in [0.15, 0.2) is 60.7 Å². The minimum absolute atomic E-state index is 0.105. The van der Waals surface area contributed by atoms with Crippen LogP contribution in [0.25, 0.3) is 0 Å². The van der Waals surface area contributed by atoms with E-state index < -0.39 is 17.8 Å². The molecular formula is C25H24FNO5. The minimum Gasteiger partial charge on any atom is -0.494 e. The molecule has 1 amide bonds. The van der Waals surface area contributed by atoms with Crippen molar-refractivity contribution in [1.29, 1.82) is 0 Å². The molecule has 0 radical (unpaired) electrons. The maximum atomic E-state index is 14.6. The van der Waals surface area contributed by atoms with Gasteiger partial charge in [-0.1, -0.05) is 36.4 Å². The molecule has 1 fully saturated rings. The predicted molar refractivity (Wildman–Crippen MR) is 118 cm³/mol. The standard InChI is InChI=1S/C25H24FNO5/c1-29-19-11-10-16(12-18(19)26)23-22(15-8-6-5-7-9-15)25(28)27(23)17-13-20(30-2)24(32-4)21(14-17)31-3/h5-14,22-23H,1-4H3/t22-,23?/m1/s1. The molecule has 3 aromatic rings. The van der Waals surface area contributed by atoms with Gasteiger partial charge >= 0.3 is 0 Å². The Balaban J connectivity index is 1.84. The molecule has 0 N–H and O–H groups in total. The van der Waals surface area contributed by atoms with E-state index in [2.05, 4.69) is 0 Å². The summed E-state index contributed by atoms with van der Waals surface area (Å²) in [5, 5.41) is 0. The summed E-state index contributed by atoms with van der Waals surface area (Å²) in [5.74, 6) is 0.388. The molecule has 1 heterocycles. The summed E-state index contributed by atoms with van der Waals surface area (Å²) in [4.78, 5) is 15.0. The van der Waals surface area contributed by atoms with Crippen molar-refractivity contribution in [3.63, 3.8) is 0 Å². The van der Waals surface area contributed by atoms with Gasteiger partial charge in [0.1, 0.15) is 0 Å². The molecule has 0 saturated carbocycles. The van der Waals surface area contributed by atoms with Crippen molar-refractivity contribution in [2.24, 2.45) is 0 Å². The highest BCUT2D eigenvalue weighted by Crippen LogP contribution is 2.52. The van der Waals surface area contributed by atoms with Crippen molar-refractivity contribution < 1.29 is 28.1 Å². The fraction of sp³-hybridized carbons (Fsp3) is 0.240. The van der Waals surface area contributed by atoms with E-state index in [-0.39, 0.29) is 11.7 Å². The highest BCUT2D eigenvalue weighted by Gasteiger charge is 2.50. The van der Waals surface area contributed by atoms with E-state index in [1.165, 1.54) is 34.5 Å². The van der Waals surface area contributed by atoms with E-state index in [0.29, 0.717) is 28.5 Å². The number of carbonyl (C=O) groups is 1. The third kappa shape index (κ3) is 3.49. The highest BCUT2D eigenvalue weighted by molar-refractivity contribution is 6.07. The molecule has 6 nitrogen and oxygen atoms in total. The first kappa shape index (κ1) is 21.5. The fourth-order valence-corrected chi connectivity index (χ4v) is 4.18. The van der Waals surface area contributed by atoms with E-state index in [0.717, 1.165) is 5.56 Å². The van der Waals surface area contributed by atoms with Crippen molar-refractivity contribution in [1.82, 2.24) is 0 Å². The normalized spacial score (nSPS) is 17.5. The second-order valence-electron chi connectivity index (χ2n) is 7.32. The van der Waals surface area contributed by atoms with Crippen LogP contribution in [0.2, 0.25) is 0 Å². The maximum Gasteiger partial charge on any atom is 0.237 e. The maximum absolute atomic E-state index is 14.6. The van der Waals surface area contributed by atoms with Crippen molar-refractivity contribution in [2.45, 2.75) is 12.0 Å². The number of β-lactam (4-membered cyclic amide) rings is 1. The summed E-state index contributed by atoms with van der Waals surface area (Å²) in [5.41, 5.74) is 2.09. The van der Waals surface area contributed by atoms with E-state index in [1.54, 1.807) is 29.2 Å². The number of halogens is 1. The van der Waals surface area contributed by atoms with Crippen molar-refractivity contribution in [3.05, 3.63) is 77.6 Å². The van der Waals surface area contributed by atoms with Crippen molar-refractivity contribution in [3.8, 4) is 23.0 Å². The van der Waals surface area contributed by atoms with Gasteiger partial charge in [0.15, 0.2) is 23.1 Å². The number of amides is 1. The lowest BCUT2D eigenvalue weighted by molar-refractivity contribution is -0.126. The molecule has 0 aliphatic carbocycles. The van der Waals surface area contributed by atoms with Crippen molar-refractivity contribution >= 4 is 11.6 Å². The van der Waals surface area contributed by atoms with Gasteiger partial charge in [-0.3, -0.25) is 4.79 Å². The monoisotopic (exact) mass is 437 g/mol. The van der Waals surface area contributed by atoms with Crippen LogP contribution >= 0.6 is 0 Å². The van der Waals surface area contributed by atoms with Gasteiger partial charge in [-0.2, -0.15) is 0 Å². The zero-order chi connectivity index (χ0) is 22.8. The largest absolute Gasteiger partial charge is 0.494 e. The third-order valence-corrected chi connectivity index (χ3v) is 5.70. The summed E-state index contributed by atoms with van der Waals surface area (Å²) in [6.07, 6.45) is 0. The average molecular weight is 437 g/mol. The number of anilines is 1. The van der Waals surface area contributed by atoms with Gasteiger partial charge in [0.2, 0.25) is 11.7 Å². The second-order valence-corrected chi connectivity index (χ2v) is 7.32. The van der Waals surface area contributed by atoms with Gasteiger partial charge in [-0.25, -0.2) is 4.39 Å². The Morgan fingerprint density at radius 2 is 1.38 bits per heavy atom. The molecule has 166 valence electrons. The van der Waals surface area contributed by atoms with Crippen LogP contribution in [0.3, 0.4) is 0 Å². The first-order valence-corrected chi connectivity index (χ1v) is 10.1. The summed E-state index contributed by atoms with van der Waals surface area (Å²) in [7, 11) is 5.97. The van der Waals surface area contributed by atoms with Crippen LogP contribution in [0.4, 0.5) is 10.1 Å². The Labute approximate surface area is 186 Å². The number of hydrogen-bond donors (Lipinski definition) is 0. The lowest BCUT2D eigenvalue weighted by atomic mass is 9.77. The Morgan fingerprint density at radius 1 is 0.750 bits per heavy atom. The van der Waals surface area contributed by atoms with Crippen LogP contribution in [0, 0.1) is 5.82 Å². The number of benzene rings is 3. The Hall–Kier alpha value is -3.74. The minimum atomic E-state index is -0.485. The van der Waals surface area contributed by atoms with E-state index >= 15 is 0 Å². The van der Waals surface area contributed by atoms with Crippen LogP contribution in [-0.2, 0) is 4.79 Å². The third-order valence-electron chi connectivity index (χ3n) is 5.70. The Bertz CT molecular complexity index is 1110. The molecule has 0 aromatic heterocycles. The number of ether oxygens (including phenoxy) is 4. The first-order valence-electron chi connectivity index (χ1n) is 10.1. The van der Waals surface area contributed by atoms with Crippen molar-refractivity contribution in [2.75, 3.05) is 33.3 Å². The number of methoxy groups -OCH3 is 4. The Morgan fingerprint density at radius 3 is 1.91 bits per heavy atom. The van der Waals surface area contributed by atoms with Gasteiger partial charge in [0.05, 0.1) is 46.1 Å². The van der Waals surface area contributed by atoms with Gasteiger partial charge in [0, 0.05) is 12.1 Å². The zero-order valence-corrected chi connectivity index (χ0v) is 18.3. The first-order chi connectivity index (χ1) is 15.5. The molecule has 2 atom stereocenters. The number of rotatable bonds is 7. The SMILES string of the molecule is COc1ccc(C2[C@@H](c3ccccc3)C(=O)N2c2cc(OC)c(OC)c(OC)c2)cc1F. The van der Waals surface area contributed by atoms with E-state index in [9.17, 15) is 9.18 Å². The molecule has 4 rings (SSSR count). The van der Waals surface area contributed by atoms with Crippen LogP contribution < -0.4 is 23.8 Å². The number of nitrogens with zero attached hydrogens (tertiary/aromatic N) is 1. The highest BCUT2D eigenvalue weighted by atomic mass is 19.1. The van der Waals surface area contributed by atoms with Gasteiger partial charge in [-0.05, 0) is 23.3 Å². The molecule has 1 aliphatic rings. The Kier molecular flexibility index (Phi) is 5.90. The summed E-state index contributed by atoms with van der Waals surface area (Å²) >= 11 is 0. The second kappa shape index (κ2) is 8.78. The van der Waals surface area contributed by atoms with Gasteiger partial charge in [-0.15, -0.1) is 0 Å². The van der Waals surface area contributed by atoms with Crippen LogP contribution in [-0.4, -0.2) is 34.3 Å².